The molecule has 14 heavy (non-hydrogen) atoms. The van der Waals surface area contributed by atoms with Gasteiger partial charge in [0, 0.05) is 0 Å². The van der Waals surface area contributed by atoms with E-state index in [1.807, 2.05) is 0 Å². The standard InChI is InChI=1S/C14H28/c1-8-10-13(14(5,6)7)12(4)11(3)9-2/h12-13H,3,8-10H2,1-2,4-7H3/t12?,13-/m0/s1. The first-order chi connectivity index (χ1) is 6.34. The molecule has 0 radical (unpaired) electrons. The van der Waals surface area contributed by atoms with Gasteiger partial charge in [-0.3, -0.25) is 0 Å². The van der Waals surface area contributed by atoms with Gasteiger partial charge in [-0.25, -0.2) is 0 Å². The average Bonchev–Trinajstić information content (AvgIpc) is 2.09. The smallest absolute Gasteiger partial charge is 0.0201 e. The van der Waals surface area contributed by atoms with Crippen LogP contribution in [0.2, 0.25) is 0 Å². The van der Waals surface area contributed by atoms with E-state index in [0.29, 0.717) is 11.3 Å². The van der Waals surface area contributed by atoms with Crippen LogP contribution in [0.5, 0.6) is 0 Å². The largest absolute Gasteiger partial charge is 0.0996 e. The van der Waals surface area contributed by atoms with Gasteiger partial charge in [0.15, 0.2) is 0 Å². The second-order valence-corrected chi connectivity index (χ2v) is 5.56. The Morgan fingerprint density at radius 1 is 1.21 bits per heavy atom. The van der Waals surface area contributed by atoms with Gasteiger partial charge in [-0.2, -0.15) is 0 Å². The fourth-order valence-electron chi connectivity index (χ4n) is 2.35. The van der Waals surface area contributed by atoms with Crippen LogP contribution in [-0.2, 0) is 0 Å². The van der Waals surface area contributed by atoms with Crippen molar-refractivity contribution in [3.05, 3.63) is 12.2 Å². The molecule has 2 atom stereocenters. The molecule has 0 aromatic heterocycles. The van der Waals surface area contributed by atoms with Crippen LogP contribution in [-0.4, -0.2) is 0 Å². The molecule has 84 valence electrons. The Hall–Kier alpha value is -0.260. The fraction of sp³-hybridized carbons (Fsp3) is 0.857. The van der Waals surface area contributed by atoms with Crippen molar-refractivity contribution in [2.75, 3.05) is 0 Å². The van der Waals surface area contributed by atoms with E-state index < -0.39 is 0 Å². The molecule has 0 aliphatic heterocycles. The molecule has 0 spiro atoms. The van der Waals surface area contributed by atoms with Crippen LogP contribution < -0.4 is 0 Å². The second kappa shape index (κ2) is 5.58. The number of allylic oxidation sites excluding steroid dienone is 1. The third kappa shape index (κ3) is 3.86. The first-order valence-electron chi connectivity index (χ1n) is 6.02. The van der Waals surface area contributed by atoms with E-state index in [4.69, 9.17) is 0 Å². The van der Waals surface area contributed by atoms with Gasteiger partial charge in [0.2, 0.25) is 0 Å². The van der Waals surface area contributed by atoms with E-state index in [1.165, 1.54) is 18.4 Å². The maximum atomic E-state index is 4.19. The second-order valence-electron chi connectivity index (χ2n) is 5.56. The zero-order valence-electron chi connectivity index (χ0n) is 11.0. The highest BCUT2D eigenvalue weighted by Gasteiger charge is 2.29. The van der Waals surface area contributed by atoms with Gasteiger partial charge in [-0.1, -0.05) is 60.1 Å². The van der Waals surface area contributed by atoms with Gasteiger partial charge >= 0.3 is 0 Å². The highest BCUT2D eigenvalue weighted by Crippen LogP contribution is 2.38. The summed E-state index contributed by atoms with van der Waals surface area (Å²) in [7, 11) is 0. The first kappa shape index (κ1) is 13.7. The summed E-state index contributed by atoms with van der Waals surface area (Å²) in [4.78, 5) is 0. The molecular weight excluding hydrogens is 168 g/mol. The van der Waals surface area contributed by atoms with Crippen molar-refractivity contribution in [3.8, 4) is 0 Å². The van der Waals surface area contributed by atoms with Crippen LogP contribution in [0.4, 0.5) is 0 Å². The Morgan fingerprint density at radius 3 is 2.00 bits per heavy atom. The lowest BCUT2D eigenvalue weighted by Gasteiger charge is -2.36. The molecule has 0 aromatic carbocycles. The maximum absolute atomic E-state index is 4.19. The highest BCUT2D eigenvalue weighted by atomic mass is 14.3. The van der Waals surface area contributed by atoms with Gasteiger partial charge < -0.3 is 0 Å². The zero-order chi connectivity index (χ0) is 11.4. The summed E-state index contributed by atoms with van der Waals surface area (Å²) < 4.78 is 0. The Balaban J connectivity index is 4.57. The summed E-state index contributed by atoms with van der Waals surface area (Å²) in [6.07, 6.45) is 3.73. The molecule has 0 nitrogen and oxygen atoms in total. The van der Waals surface area contributed by atoms with Crippen molar-refractivity contribution in [2.24, 2.45) is 17.3 Å². The van der Waals surface area contributed by atoms with E-state index in [0.717, 1.165) is 12.3 Å². The Kier molecular flexibility index (Phi) is 5.48. The molecule has 0 fully saturated rings. The van der Waals surface area contributed by atoms with Crippen LogP contribution >= 0.6 is 0 Å². The van der Waals surface area contributed by atoms with Gasteiger partial charge in [-0.05, 0) is 30.1 Å². The molecule has 1 unspecified atom stereocenters. The van der Waals surface area contributed by atoms with Crippen molar-refractivity contribution in [2.45, 2.75) is 60.8 Å². The van der Waals surface area contributed by atoms with Crippen LogP contribution in [0.15, 0.2) is 12.2 Å². The molecular formula is C14H28. The Morgan fingerprint density at radius 2 is 1.71 bits per heavy atom. The summed E-state index contributed by atoms with van der Waals surface area (Å²) in [5.41, 5.74) is 1.83. The lowest BCUT2D eigenvalue weighted by atomic mass is 9.69. The van der Waals surface area contributed by atoms with Crippen LogP contribution in [0.3, 0.4) is 0 Å². The molecule has 0 aliphatic carbocycles. The first-order valence-corrected chi connectivity index (χ1v) is 6.02. The van der Waals surface area contributed by atoms with E-state index in [1.54, 1.807) is 0 Å². The van der Waals surface area contributed by atoms with Crippen molar-refractivity contribution in [1.82, 2.24) is 0 Å². The highest BCUT2D eigenvalue weighted by molar-refractivity contribution is 5.02. The molecule has 0 saturated heterocycles. The third-order valence-electron chi connectivity index (χ3n) is 3.41. The van der Waals surface area contributed by atoms with Crippen LogP contribution in [0, 0.1) is 17.3 Å². The topological polar surface area (TPSA) is 0 Å². The molecule has 0 N–H and O–H groups in total. The van der Waals surface area contributed by atoms with Crippen molar-refractivity contribution >= 4 is 0 Å². The lowest BCUT2D eigenvalue weighted by Crippen LogP contribution is -2.27. The van der Waals surface area contributed by atoms with E-state index in [2.05, 4.69) is 48.1 Å². The van der Waals surface area contributed by atoms with E-state index >= 15 is 0 Å². The van der Waals surface area contributed by atoms with Crippen molar-refractivity contribution in [3.63, 3.8) is 0 Å². The molecule has 0 rings (SSSR count). The normalized spacial score (nSPS) is 16.4. The van der Waals surface area contributed by atoms with Gasteiger partial charge in [0.05, 0.1) is 0 Å². The fourth-order valence-corrected chi connectivity index (χ4v) is 2.35. The van der Waals surface area contributed by atoms with E-state index in [-0.39, 0.29) is 0 Å². The van der Waals surface area contributed by atoms with Crippen LogP contribution in [0.1, 0.15) is 60.8 Å². The summed E-state index contributed by atoms with van der Waals surface area (Å²) >= 11 is 0. The minimum absolute atomic E-state index is 0.410. The minimum Gasteiger partial charge on any atom is -0.0996 e. The van der Waals surface area contributed by atoms with Gasteiger partial charge in [0.25, 0.3) is 0 Å². The van der Waals surface area contributed by atoms with E-state index in [9.17, 15) is 0 Å². The molecule has 0 aromatic rings. The number of hydrogen-bond acceptors (Lipinski definition) is 0. The molecule has 0 heterocycles. The zero-order valence-corrected chi connectivity index (χ0v) is 11.0. The number of rotatable bonds is 5. The van der Waals surface area contributed by atoms with Crippen molar-refractivity contribution in [1.29, 1.82) is 0 Å². The van der Waals surface area contributed by atoms with Crippen molar-refractivity contribution < 1.29 is 0 Å². The van der Waals surface area contributed by atoms with Gasteiger partial charge in [0.1, 0.15) is 0 Å². The molecule has 0 bridgehead atoms. The van der Waals surface area contributed by atoms with Crippen LogP contribution in [0.25, 0.3) is 0 Å². The molecule has 0 amide bonds. The SMILES string of the molecule is C=C(CC)C(C)[C@H](CCC)C(C)(C)C. The van der Waals surface area contributed by atoms with Gasteiger partial charge in [-0.15, -0.1) is 0 Å². The predicted octanol–water partition coefficient (Wildman–Crippen LogP) is 5.05. The minimum atomic E-state index is 0.410. The Labute approximate surface area is 90.8 Å². The monoisotopic (exact) mass is 196 g/mol. The summed E-state index contributed by atoms with van der Waals surface area (Å²) in [6, 6.07) is 0. The summed E-state index contributed by atoms with van der Waals surface area (Å²) in [5, 5.41) is 0. The summed E-state index contributed by atoms with van der Waals surface area (Å²) in [6.45, 7) is 18.1. The quantitative estimate of drug-likeness (QED) is 0.540. The number of hydrogen-bond donors (Lipinski definition) is 0. The molecule has 0 saturated carbocycles. The average molecular weight is 196 g/mol. The Bertz CT molecular complexity index is 171. The summed E-state index contributed by atoms with van der Waals surface area (Å²) in [5.74, 6) is 1.44. The molecule has 0 heteroatoms. The molecule has 0 aliphatic rings. The predicted molar refractivity (Wildman–Crippen MR) is 66.4 cm³/mol. The maximum Gasteiger partial charge on any atom is -0.0201 e. The third-order valence-corrected chi connectivity index (χ3v) is 3.41. The lowest BCUT2D eigenvalue weighted by molar-refractivity contribution is 0.172.